The Balaban J connectivity index is 3.05. The zero-order valence-corrected chi connectivity index (χ0v) is 10.0. The maximum Gasteiger partial charge on any atom is 0.399 e. The van der Waals surface area contributed by atoms with Gasteiger partial charge in [0.25, 0.3) is 0 Å². The minimum absolute atomic E-state index is 0.380. The molecule has 108 valence electrons. The number of rotatable bonds is 4. The molecule has 10 heteroatoms. The molecule has 0 fully saturated rings. The normalized spacial score (nSPS) is 27.5. The number of nitrogens with one attached hydrogen (secondary N) is 1. The maximum absolute atomic E-state index is 14.1. The van der Waals surface area contributed by atoms with E-state index >= 15 is 0 Å². The molecule has 2 N–H and O–H groups in total. The van der Waals surface area contributed by atoms with Crippen LogP contribution >= 0.6 is 0 Å². The Bertz CT molecular complexity index is 525. The largest absolute Gasteiger partial charge is 0.480 e. The topological polar surface area (TPSA) is 83.5 Å². The van der Waals surface area contributed by atoms with Gasteiger partial charge in [0.1, 0.15) is 5.92 Å². The number of hydrogen-bond donors (Lipinski definition) is 2. The number of hydrogen-bond acceptors (Lipinski definition) is 3. The molecule has 5 nitrogen and oxygen atoms in total. The average molecular weight is 303 g/mol. The fourth-order valence-electron chi connectivity index (χ4n) is 1.50. The molecule has 1 aliphatic rings. The summed E-state index contributed by atoms with van der Waals surface area (Å²) in [4.78, 5) is 10.2. The fourth-order valence-corrected chi connectivity index (χ4v) is 2.57. The zero-order valence-electron chi connectivity index (χ0n) is 9.19. The Kier molecular flexibility index (Phi) is 4.06. The molecule has 0 amide bonds. The van der Waals surface area contributed by atoms with E-state index in [0.29, 0.717) is 12.2 Å². The predicted octanol–water partition coefficient (Wildman–Crippen LogP) is 0.961. The van der Waals surface area contributed by atoms with Gasteiger partial charge in [-0.2, -0.15) is 17.9 Å². The monoisotopic (exact) mass is 303 g/mol. The van der Waals surface area contributed by atoms with Crippen LogP contribution in [0.5, 0.6) is 0 Å². The first-order valence-corrected chi connectivity index (χ1v) is 6.46. The lowest BCUT2D eigenvalue weighted by molar-refractivity contribution is -0.189. The van der Waals surface area contributed by atoms with Crippen LogP contribution < -0.4 is 4.72 Å². The summed E-state index contributed by atoms with van der Waals surface area (Å²) in [5.74, 6) is -9.51. The molecule has 0 aliphatic heterocycles. The van der Waals surface area contributed by atoms with Crippen LogP contribution in [0.15, 0.2) is 24.3 Å². The van der Waals surface area contributed by atoms with Gasteiger partial charge in [0.15, 0.2) is 5.75 Å². The molecule has 19 heavy (non-hydrogen) atoms. The van der Waals surface area contributed by atoms with Crippen LogP contribution in [0.4, 0.5) is 17.6 Å². The molecule has 0 aromatic rings. The quantitative estimate of drug-likeness (QED) is 0.598. The van der Waals surface area contributed by atoms with E-state index in [-0.39, 0.29) is 0 Å². The van der Waals surface area contributed by atoms with Crippen molar-refractivity contribution in [1.29, 1.82) is 0 Å². The third-order valence-electron chi connectivity index (χ3n) is 2.18. The summed E-state index contributed by atoms with van der Waals surface area (Å²) in [6.45, 7) is 0. The van der Waals surface area contributed by atoms with Crippen molar-refractivity contribution in [3.8, 4) is 0 Å². The number of carboxylic acids is 1. The number of alkyl halides is 4. The number of carboxylic acid groups (broad SMARTS) is 1. The third-order valence-corrected chi connectivity index (χ3v) is 3.43. The van der Waals surface area contributed by atoms with Gasteiger partial charge in [0.2, 0.25) is 15.8 Å². The molecule has 0 radical (unpaired) electrons. The number of sulfonamides is 1. The summed E-state index contributed by atoms with van der Waals surface area (Å²) in [6.07, 6.45) is -2.39. The third kappa shape index (κ3) is 4.03. The molecule has 0 aromatic heterocycles. The van der Waals surface area contributed by atoms with Crippen molar-refractivity contribution in [2.75, 3.05) is 5.75 Å². The number of halogens is 4. The van der Waals surface area contributed by atoms with Crippen molar-refractivity contribution >= 4 is 16.0 Å². The molecular formula is C9H9F4NO4S. The Morgan fingerprint density at radius 2 is 1.95 bits per heavy atom. The summed E-state index contributed by atoms with van der Waals surface area (Å²) in [6, 6.07) is 0. The predicted molar refractivity (Wildman–Crippen MR) is 56.2 cm³/mol. The van der Waals surface area contributed by atoms with Gasteiger partial charge in [-0.05, 0) is 6.08 Å². The van der Waals surface area contributed by atoms with Crippen molar-refractivity contribution in [2.45, 2.75) is 12.0 Å². The molecule has 0 bridgehead atoms. The SMILES string of the molecule is O=C(O)CS(=O)(=O)NC1(F)C=CC=CC1C(F)(F)F. The average Bonchev–Trinajstić information content (AvgIpc) is 2.11. The minimum Gasteiger partial charge on any atom is -0.480 e. The summed E-state index contributed by atoms with van der Waals surface area (Å²) in [5, 5.41) is 8.29. The second kappa shape index (κ2) is 4.93. The standard InChI is InChI=1S/C9H9F4NO4S/c10-8(14-19(17,18)5-7(15)16)4-2-1-3-6(8)9(11,12)13/h1-4,6,14H,5H2,(H,15,16). The molecular weight excluding hydrogens is 294 g/mol. The number of allylic oxidation sites excluding steroid dienone is 2. The van der Waals surface area contributed by atoms with E-state index in [1.807, 2.05) is 0 Å². The highest BCUT2D eigenvalue weighted by Crippen LogP contribution is 2.39. The van der Waals surface area contributed by atoms with Crippen LogP contribution in [0, 0.1) is 5.92 Å². The van der Waals surface area contributed by atoms with E-state index < -0.39 is 39.6 Å². The van der Waals surface area contributed by atoms with Crippen LogP contribution in [0.1, 0.15) is 0 Å². The van der Waals surface area contributed by atoms with Gasteiger partial charge in [-0.1, -0.05) is 18.2 Å². The van der Waals surface area contributed by atoms with Crippen LogP contribution in [-0.2, 0) is 14.8 Å². The molecule has 2 atom stereocenters. The molecule has 0 saturated heterocycles. The lowest BCUT2D eigenvalue weighted by Crippen LogP contribution is -2.54. The molecule has 1 aliphatic carbocycles. The highest BCUT2D eigenvalue weighted by Gasteiger charge is 2.54. The minimum atomic E-state index is -5.03. The van der Waals surface area contributed by atoms with E-state index in [1.54, 1.807) is 0 Å². The summed E-state index contributed by atoms with van der Waals surface area (Å²) >= 11 is 0. The summed E-state index contributed by atoms with van der Waals surface area (Å²) in [5.41, 5.74) is 0. The fraction of sp³-hybridized carbons (Fsp3) is 0.444. The second-order valence-corrected chi connectivity index (χ2v) is 5.51. The van der Waals surface area contributed by atoms with Crippen LogP contribution in [-0.4, -0.2) is 37.2 Å². The lowest BCUT2D eigenvalue weighted by atomic mass is 9.93. The number of aliphatic carboxylic acids is 1. The van der Waals surface area contributed by atoms with E-state index in [4.69, 9.17) is 5.11 Å². The van der Waals surface area contributed by atoms with Crippen molar-refractivity contribution in [3.05, 3.63) is 24.3 Å². The molecule has 0 spiro atoms. The Labute approximate surface area is 105 Å². The summed E-state index contributed by atoms with van der Waals surface area (Å²) < 4.78 is 75.5. The van der Waals surface area contributed by atoms with E-state index in [1.165, 1.54) is 0 Å². The highest BCUT2D eigenvalue weighted by molar-refractivity contribution is 7.90. The van der Waals surface area contributed by atoms with E-state index in [9.17, 15) is 30.8 Å². The summed E-state index contributed by atoms with van der Waals surface area (Å²) in [7, 11) is -4.74. The molecule has 0 heterocycles. The van der Waals surface area contributed by atoms with E-state index in [2.05, 4.69) is 0 Å². The zero-order chi connectivity index (χ0) is 14.9. The van der Waals surface area contributed by atoms with Crippen LogP contribution in [0.3, 0.4) is 0 Å². The van der Waals surface area contributed by atoms with Crippen molar-refractivity contribution in [2.24, 2.45) is 5.92 Å². The number of carbonyl (C=O) groups is 1. The molecule has 1 rings (SSSR count). The van der Waals surface area contributed by atoms with E-state index in [0.717, 1.165) is 16.9 Å². The first kappa shape index (κ1) is 15.6. The van der Waals surface area contributed by atoms with Gasteiger partial charge in [-0.15, -0.1) is 0 Å². The second-order valence-electron chi connectivity index (χ2n) is 3.79. The van der Waals surface area contributed by atoms with Gasteiger partial charge in [-0.25, -0.2) is 12.8 Å². The van der Waals surface area contributed by atoms with Crippen LogP contribution in [0.2, 0.25) is 0 Å². The molecule has 0 aromatic carbocycles. The van der Waals surface area contributed by atoms with Crippen molar-refractivity contribution in [1.82, 2.24) is 4.72 Å². The highest BCUT2D eigenvalue weighted by atomic mass is 32.2. The van der Waals surface area contributed by atoms with Gasteiger partial charge in [0, 0.05) is 0 Å². The van der Waals surface area contributed by atoms with Gasteiger partial charge < -0.3 is 5.11 Å². The lowest BCUT2D eigenvalue weighted by Gasteiger charge is -2.32. The van der Waals surface area contributed by atoms with Gasteiger partial charge in [0.05, 0.1) is 0 Å². The Hall–Kier alpha value is -1.42. The Morgan fingerprint density at radius 3 is 2.42 bits per heavy atom. The van der Waals surface area contributed by atoms with Gasteiger partial charge >= 0.3 is 12.1 Å². The first-order chi connectivity index (χ1) is 8.46. The molecule has 2 unspecified atom stereocenters. The molecule has 0 saturated carbocycles. The Morgan fingerprint density at radius 1 is 1.37 bits per heavy atom. The first-order valence-electron chi connectivity index (χ1n) is 4.81. The van der Waals surface area contributed by atoms with Crippen molar-refractivity contribution in [3.63, 3.8) is 0 Å². The van der Waals surface area contributed by atoms with Crippen LogP contribution in [0.25, 0.3) is 0 Å². The van der Waals surface area contributed by atoms with Crippen molar-refractivity contribution < 1.29 is 35.9 Å². The van der Waals surface area contributed by atoms with Gasteiger partial charge in [-0.3, -0.25) is 4.79 Å². The smallest absolute Gasteiger partial charge is 0.399 e. The maximum atomic E-state index is 14.1.